The lowest BCUT2D eigenvalue weighted by Gasteiger charge is -2.12. The Kier molecular flexibility index (Phi) is 6.31. The number of para-hydroxylation sites is 1. The number of ether oxygens (including phenoxy) is 1. The molecule has 0 heterocycles. The molecule has 1 rings (SSSR count). The first kappa shape index (κ1) is 16.0. The Morgan fingerprint density at radius 3 is 2.58 bits per heavy atom. The molecule has 0 aromatic heterocycles. The molecule has 0 unspecified atom stereocenters. The summed E-state index contributed by atoms with van der Waals surface area (Å²) in [5, 5.41) is 3.29. The van der Waals surface area contributed by atoms with Crippen molar-refractivity contribution in [1.82, 2.24) is 5.32 Å². The van der Waals surface area contributed by atoms with Gasteiger partial charge in [0.15, 0.2) is 9.84 Å². The van der Waals surface area contributed by atoms with E-state index >= 15 is 0 Å². The van der Waals surface area contributed by atoms with Gasteiger partial charge in [0, 0.05) is 6.04 Å². The van der Waals surface area contributed by atoms with Crippen LogP contribution in [0, 0.1) is 0 Å². The van der Waals surface area contributed by atoms with Gasteiger partial charge in [-0.25, -0.2) is 8.42 Å². The lowest BCUT2D eigenvalue weighted by Crippen LogP contribution is -2.24. The molecule has 0 aliphatic rings. The highest BCUT2D eigenvalue weighted by atomic mass is 32.2. The first-order valence-corrected chi connectivity index (χ1v) is 8.30. The molecule has 0 bridgehead atoms. The van der Waals surface area contributed by atoms with E-state index in [1.165, 1.54) is 0 Å². The van der Waals surface area contributed by atoms with Gasteiger partial charge in [-0.15, -0.1) is 0 Å². The number of sulfone groups is 1. The molecule has 0 aliphatic heterocycles. The van der Waals surface area contributed by atoms with Crippen LogP contribution in [0.25, 0.3) is 0 Å². The van der Waals surface area contributed by atoms with E-state index in [0.29, 0.717) is 18.4 Å². The van der Waals surface area contributed by atoms with Crippen LogP contribution in [0.2, 0.25) is 0 Å². The van der Waals surface area contributed by atoms with E-state index in [9.17, 15) is 8.42 Å². The zero-order chi connectivity index (χ0) is 14.3. The van der Waals surface area contributed by atoms with Crippen molar-refractivity contribution in [3.05, 3.63) is 24.3 Å². The monoisotopic (exact) mass is 285 g/mol. The number of hydrogen-bond acceptors (Lipinski definition) is 4. The minimum absolute atomic E-state index is 0.0856. The molecule has 0 atom stereocenters. The largest absolute Gasteiger partial charge is 0.492 e. The van der Waals surface area contributed by atoms with E-state index in [-0.39, 0.29) is 10.6 Å². The summed E-state index contributed by atoms with van der Waals surface area (Å²) in [4.78, 5) is 0.286. The molecule has 4 nitrogen and oxygen atoms in total. The second-order valence-electron chi connectivity index (χ2n) is 4.66. The van der Waals surface area contributed by atoms with Gasteiger partial charge in [-0.1, -0.05) is 32.9 Å². The minimum atomic E-state index is -3.23. The van der Waals surface area contributed by atoms with Crippen LogP contribution in [0.4, 0.5) is 0 Å². The van der Waals surface area contributed by atoms with Crippen molar-refractivity contribution < 1.29 is 13.2 Å². The Labute approximate surface area is 116 Å². The van der Waals surface area contributed by atoms with Crippen LogP contribution < -0.4 is 10.1 Å². The molecule has 1 N–H and O–H groups in total. The van der Waals surface area contributed by atoms with Gasteiger partial charge >= 0.3 is 0 Å². The molecule has 0 saturated carbocycles. The Hall–Kier alpha value is -1.07. The van der Waals surface area contributed by atoms with Crippen molar-refractivity contribution in [3.8, 4) is 5.75 Å². The summed E-state index contributed by atoms with van der Waals surface area (Å²) in [5.74, 6) is 0.538. The Morgan fingerprint density at radius 1 is 1.26 bits per heavy atom. The normalized spacial score (nSPS) is 11.8. The van der Waals surface area contributed by atoms with Crippen LogP contribution in [-0.4, -0.2) is 33.4 Å². The summed E-state index contributed by atoms with van der Waals surface area (Å²) in [6.45, 7) is 7.18. The minimum Gasteiger partial charge on any atom is -0.492 e. The summed E-state index contributed by atoms with van der Waals surface area (Å²) in [5.41, 5.74) is 0. The van der Waals surface area contributed by atoms with Gasteiger partial charge in [0.2, 0.25) is 0 Å². The van der Waals surface area contributed by atoms with Gasteiger partial charge in [-0.3, -0.25) is 0 Å². The van der Waals surface area contributed by atoms with Crippen LogP contribution >= 0.6 is 0 Å². The van der Waals surface area contributed by atoms with E-state index < -0.39 is 9.84 Å². The summed E-state index contributed by atoms with van der Waals surface area (Å²) < 4.78 is 29.4. The van der Waals surface area contributed by atoms with Crippen LogP contribution in [0.15, 0.2) is 29.2 Å². The summed E-state index contributed by atoms with van der Waals surface area (Å²) in [6.07, 6.45) is 0.846. The second kappa shape index (κ2) is 7.50. The third kappa shape index (κ3) is 5.20. The molecular formula is C14H23NO3S. The molecular weight excluding hydrogens is 262 g/mol. The van der Waals surface area contributed by atoms with E-state index in [4.69, 9.17) is 4.74 Å². The molecule has 0 spiro atoms. The molecule has 0 fully saturated rings. The first-order valence-electron chi connectivity index (χ1n) is 6.65. The van der Waals surface area contributed by atoms with E-state index in [0.717, 1.165) is 13.0 Å². The Bertz CT molecular complexity index is 483. The maximum atomic E-state index is 11.9. The average Bonchev–Trinajstić information content (AvgIpc) is 2.38. The number of hydrogen-bond donors (Lipinski definition) is 1. The molecule has 5 heteroatoms. The maximum absolute atomic E-state index is 11.9. The molecule has 0 saturated heterocycles. The number of rotatable bonds is 8. The van der Waals surface area contributed by atoms with Gasteiger partial charge in [0.25, 0.3) is 0 Å². The highest BCUT2D eigenvalue weighted by Crippen LogP contribution is 2.24. The van der Waals surface area contributed by atoms with Gasteiger partial charge in [0.1, 0.15) is 10.6 Å². The fourth-order valence-electron chi connectivity index (χ4n) is 1.63. The van der Waals surface area contributed by atoms with Crippen LogP contribution in [0.1, 0.15) is 27.2 Å². The Morgan fingerprint density at radius 2 is 1.95 bits per heavy atom. The summed E-state index contributed by atoms with van der Waals surface area (Å²) >= 11 is 0. The lowest BCUT2D eigenvalue weighted by molar-refractivity contribution is 0.299. The Balaban J connectivity index is 2.59. The molecule has 108 valence electrons. The first-order chi connectivity index (χ1) is 8.97. The SMILES string of the molecule is CCS(=O)(=O)c1ccccc1OCCCNC(C)C. The van der Waals surface area contributed by atoms with Crippen molar-refractivity contribution in [1.29, 1.82) is 0 Å². The molecule has 19 heavy (non-hydrogen) atoms. The van der Waals surface area contributed by atoms with Gasteiger partial charge < -0.3 is 10.1 Å². The third-order valence-corrected chi connectivity index (χ3v) is 4.46. The number of nitrogens with one attached hydrogen (secondary N) is 1. The summed E-state index contributed by atoms with van der Waals surface area (Å²) in [7, 11) is -3.23. The van der Waals surface area contributed by atoms with Crippen molar-refractivity contribution in [3.63, 3.8) is 0 Å². The standard InChI is InChI=1S/C14H23NO3S/c1-4-19(16,17)14-9-6-5-8-13(14)18-11-7-10-15-12(2)3/h5-6,8-9,12,15H,4,7,10-11H2,1-3H3. The van der Waals surface area contributed by atoms with Crippen molar-refractivity contribution >= 4 is 9.84 Å². The topological polar surface area (TPSA) is 55.4 Å². The highest BCUT2D eigenvalue weighted by Gasteiger charge is 2.16. The maximum Gasteiger partial charge on any atom is 0.181 e. The smallest absolute Gasteiger partial charge is 0.181 e. The van der Waals surface area contributed by atoms with Crippen LogP contribution in [0.3, 0.4) is 0 Å². The zero-order valence-electron chi connectivity index (χ0n) is 11.8. The fourth-order valence-corrected chi connectivity index (χ4v) is 2.66. The van der Waals surface area contributed by atoms with E-state index in [1.54, 1.807) is 31.2 Å². The number of benzene rings is 1. The molecule has 0 radical (unpaired) electrons. The van der Waals surface area contributed by atoms with E-state index in [2.05, 4.69) is 19.2 Å². The summed E-state index contributed by atoms with van der Waals surface area (Å²) in [6, 6.07) is 7.26. The second-order valence-corrected chi connectivity index (χ2v) is 6.91. The third-order valence-electron chi connectivity index (χ3n) is 2.70. The predicted molar refractivity (Wildman–Crippen MR) is 77.4 cm³/mol. The fraction of sp³-hybridized carbons (Fsp3) is 0.571. The predicted octanol–water partition coefficient (Wildman–Crippen LogP) is 2.25. The zero-order valence-corrected chi connectivity index (χ0v) is 12.7. The van der Waals surface area contributed by atoms with Crippen LogP contribution in [-0.2, 0) is 9.84 Å². The molecule has 0 aliphatic carbocycles. The van der Waals surface area contributed by atoms with Crippen molar-refractivity contribution in [2.75, 3.05) is 18.9 Å². The van der Waals surface area contributed by atoms with Gasteiger partial charge in [0.05, 0.1) is 12.4 Å². The van der Waals surface area contributed by atoms with E-state index in [1.807, 2.05) is 0 Å². The molecule has 0 amide bonds. The van der Waals surface area contributed by atoms with Gasteiger partial charge in [-0.05, 0) is 25.1 Å². The molecule has 1 aromatic carbocycles. The van der Waals surface area contributed by atoms with Crippen molar-refractivity contribution in [2.45, 2.75) is 38.1 Å². The molecule has 1 aromatic rings. The lowest BCUT2D eigenvalue weighted by atomic mass is 10.3. The average molecular weight is 285 g/mol. The van der Waals surface area contributed by atoms with Crippen LogP contribution in [0.5, 0.6) is 5.75 Å². The van der Waals surface area contributed by atoms with Crippen molar-refractivity contribution in [2.24, 2.45) is 0 Å². The highest BCUT2D eigenvalue weighted by molar-refractivity contribution is 7.91. The quantitative estimate of drug-likeness (QED) is 0.744. The van der Waals surface area contributed by atoms with Gasteiger partial charge in [-0.2, -0.15) is 0 Å².